The Morgan fingerprint density at radius 1 is 1.12 bits per heavy atom. The van der Waals surface area contributed by atoms with Gasteiger partial charge in [-0.05, 0) is 30.2 Å². The monoisotopic (exact) mass is 377 g/mol. The molecule has 26 heavy (non-hydrogen) atoms. The van der Waals surface area contributed by atoms with Gasteiger partial charge in [0.2, 0.25) is 7.37 Å². The van der Waals surface area contributed by atoms with Crippen LogP contribution in [0.2, 0.25) is 0 Å². The number of nitrogens with one attached hydrogen (secondary N) is 1. The Morgan fingerprint density at radius 3 is 2.31 bits per heavy atom. The first kappa shape index (κ1) is 20.3. The van der Waals surface area contributed by atoms with E-state index in [-0.39, 0.29) is 30.5 Å². The predicted molar refractivity (Wildman–Crippen MR) is 101 cm³/mol. The summed E-state index contributed by atoms with van der Waals surface area (Å²) in [6.07, 6.45) is -1.09. The highest BCUT2D eigenvalue weighted by atomic mass is 31.2. The fourth-order valence-electron chi connectivity index (χ4n) is 2.67. The molecule has 0 spiro atoms. The first-order valence-corrected chi connectivity index (χ1v) is 10.4. The number of rotatable bonds is 9. The molecule has 0 fully saturated rings. The topological polar surface area (TPSA) is 107 Å². The highest BCUT2D eigenvalue weighted by Crippen LogP contribution is 2.44. The van der Waals surface area contributed by atoms with Crippen molar-refractivity contribution in [2.75, 3.05) is 12.7 Å². The standard InChI is InChI=1S/C19H24NO5P/c1-14(16-7-9-17(10-8-16)19(22)23)20-11-18(21)13-26(24,25)12-15-5-3-2-4-6-15/h2-10,14,18,20-21H,11-13H2,1H3,(H,22,23)(H,24,25)/t14?,18-/m1/s1. The Kier molecular flexibility index (Phi) is 7.12. The van der Waals surface area contributed by atoms with Crippen molar-refractivity contribution in [3.05, 3.63) is 71.3 Å². The maximum absolute atomic E-state index is 12.3. The number of aliphatic hydroxyl groups excluding tert-OH is 1. The average Bonchev–Trinajstić information content (AvgIpc) is 2.59. The van der Waals surface area contributed by atoms with Crippen molar-refractivity contribution in [3.8, 4) is 0 Å². The maximum Gasteiger partial charge on any atom is 0.335 e. The van der Waals surface area contributed by atoms with Gasteiger partial charge in [-0.25, -0.2) is 4.79 Å². The normalized spacial score (nSPS) is 15.8. The van der Waals surface area contributed by atoms with Crippen LogP contribution in [-0.2, 0) is 10.7 Å². The SMILES string of the molecule is CC(NC[C@@H](O)CP(=O)(O)Cc1ccccc1)c1ccc(C(=O)O)cc1. The van der Waals surface area contributed by atoms with E-state index in [1.165, 1.54) is 12.1 Å². The number of carbonyl (C=O) groups is 1. The molecule has 140 valence electrons. The minimum atomic E-state index is -3.48. The van der Waals surface area contributed by atoms with Gasteiger partial charge in [0.25, 0.3) is 0 Å². The zero-order chi connectivity index (χ0) is 19.2. The zero-order valence-corrected chi connectivity index (χ0v) is 15.5. The van der Waals surface area contributed by atoms with Gasteiger partial charge in [-0.1, -0.05) is 42.5 Å². The van der Waals surface area contributed by atoms with Gasteiger partial charge in [-0.2, -0.15) is 0 Å². The third kappa shape index (κ3) is 6.39. The number of aliphatic hydroxyl groups is 1. The van der Waals surface area contributed by atoms with Gasteiger partial charge in [0.1, 0.15) is 0 Å². The molecule has 0 saturated heterocycles. The lowest BCUT2D eigenvalue weighted by atomic mass is 10.1. The summed E-state index contributed by atoms with van der Waals surface area (Å²) < 4.78 is 12.3. The van der Waals surface area contributed by atoms with Crippen LogP contribution in [0.25, 0.3) is 0 Å². The Balaban J connectivity index is 1.84. The van der Waals surface area contributed by atoms with E-state index in [4.69, 9.17) is 5.11 Å². The van der Waals surface area contributed by atoms with Crippen LogP contribution in [0, 0.1) is 0 Å². The summed E-state index contributed by atoms with van der Waals surface area (Å²) >= 11 is 0. The van der Waals surface area contributed by atoms with Gasteiger partial charge in [-0.3, -0.25) is 4.57 Å². The third-order valence-corrected chi connectivity index (χ3v) is 5.94. The minimum Gasteiger partial charge on any atom is -0.478 e. The van der Waals surface area contributed by atoms with Crippen molar-refractivity contribution >= 4 is 13.3 Å². The van der Waals surface area contributed by atoms with E-state index in [1.54, 1.807) is 24.3 Å². The molecule has 0 heterocycles. The fraction of sp³-hybridized carbons (Fsp3) is 0.316. The first-order valence-electron chi connectivity index (χ1n) is 8.36. The molecule has 2 unspecified atom stereocenters. The van der Waals surface area contributed by atoms with Crippen LogP contribution in [-0.4, -0.2) is 39.9 Å². The number of hydrogen-bond donors (Lipinski definition) is 4. The molecule has 3 atom stereocenters. The molecule has 0 aliphatic carbocycles. The molecule has 0 aromatic heterocycles. The summed E-state index contributed by atoms with van der Waals surface area (Å²) in [5.41, 5.74) is 1.85. The van der Waals surface area contributed by atoms with Gasteiger partial charge >= 0.3 is 5.97 Å². The van der Waals surface area contributed by atoms with E-state index >= 15 is 0 Å². The van der Waals surface area contributed by atoms with E-state index in [0.717, 1.165) is 11.1 Å². The van der Waals surface area contributed by atoms with Crippen LogP contribution in [0.4, 0.5) is 0 Å². The minimum absolute atomic E-state index is 0.0388. The molecule has 0 amide bonds. The molecule has 4 N–H and O–H groups in total. The average molecular weight is 377 g/mol. The number of carboxylic acids is 1. The molecule has 0 radical (unpaired) electrons. The summed E-state index contributed by atoms with van der Waals surface area (Å²) in [6, 6.07) is 15.4. The molecule has 6 nitrogen and oxygen atoms in total. The molecule has 0 bridgehead atoms. The van der Waals surface area contributed by atoms with Gasteiger partial charge in [0, 0.05) is 18.7 Å². The fourth-order valence-corrected chi connectivity index (χ4v) is 4.37. The highest BCUT2D eigenvalue weighted by molar-refractivity contribution is 7.57. The summed E-state index contributed by atoms with van der Waals surface area (Å²) in [4.78, 5) is 21.0. The molecular weight excluding hydrogens is 353 g/mol. The molecule has 2 aromatic rings. The zero-order valence-electron chi connectivity index (χ0n) is 14.6. The molecule has 2 aromatic carbocycles. The van der Waals surface area contributed by atoms with Crippen LogP contribution >= 0.6 is 7.37 Å². The molecule has 0 aliphatic heterocycles. The van der Waals surface area contributed by atoms with Crippen molar-refractivity contribution in [1.29, 1.82) is 0 Å². The second kappa shape index (κ2) is 9.10. The highest BCUT2D eigenvalue weighted by Gasteiger charge is 2.23. The van der Waals surface area contributed by atoms with Crippen LogP contribution in [0.3, 0.4) is 0 Å². The van der Waals surface area contributed by atoms with Crippen LogP contribution in [0.5, 0.6) is 0 Å². The molecule has 0 saturated carbocycles. The summed E-state index contributed by atoms with van der Waals surface area (Å²) in [6.45, 7) is 2.05. The van der Waals surface area contributed by atoms with E-state index in [9.17, 15) is 19.4 Å². The number of hydrogen-bond acceptors (Lipinski definition) is 4. The van der Waals surface area contributed by atoms with Gasteiger partial charge in [-0.15, -0.1) is 0 Å². The number of aromatic carboxylic acids is 1. The lowest BCUT2D eigenvalue weighted by Gasteiger charge is -2.20. The van der Waals surface area contributed by atoms with E-state index in [1.807, 2.05) is 25.1 Å². The molecule has 0 aliphatic rings. The van der Waals surface area contributed by atoms with E-state index in [0.29, 0.717) is 0 Å². The largest absolute Gasteiger partial charge is 0.478 e. The Hall–Kier alpha value is -1.98. The maximum atomic E-state index is 12.3. The van der Waals surface area contributed by atoms with Crippen molar-refractivity contribution in [1.82, 2.24) is 5.32 Å². The quantitative estimate of drug-likeness (QED) is 0.501. The van der Waals surface area contributed by atoms with Crippen LogP contribution in [0.1, 0.15) is 34.5 Å². The van der Waals surface area contributed by atoms with Crippen molar-refractivity contribution in [3.63, 3.8) is 0 Å². The summed E-state index contributed by atoms with van der Waals surface area (Å²) in [5.74, 6) is -0.982. The summed E-state index contributed by atoms with van der Waals surface area (Å²) in [5, 5.41) is 22.1. The van der Waals surface area contributed by atoms with Crippen molar-refractivity contribution < 1.29 is 24.5 Å². The van der Waals surface area contributed by atoms with Gasteiger partial charge in [0.05, 0.1) is 17.8 Å². The second-order valence-electron chi connectivity index (χ2n) is 6.38. The Morgan fingerprint density at radius 2 is 1.73 bits per heavy atom. The van der Waals surface area contributed by atoms with Gasteiger partial charge in [0.15, 0.2) is 0 Å². The smallest absolute Gasteiger partial charge is 0.335 e. The Bertz CT molecular complexity index is 763. The van der Waals surface area contributed by atoms with Crippen LogP contribution < -0.4 is 5.32 Å². The molecular formula is C19H24NO5P. The van der Waals surface area contributed by atoms with Crippen molar-refractivity contribution in [2.24, 2.45) is 0 Å². The lowest BCUT2D eigenvalue weighted by molar-refractivity contribution is 0.0697. The third-order valence-electron chi connectivity index (χ3n) is 4.09. The summed E-state index contributed by atoms with van der Waals surface area (Å²) in [7, 11) is -3.48. The van der Waals surface area contributed by atoms with Crippen molar-refractivity contribution in [2.45, 2.75) is 25.2 Å². The molecule has 7 heteroatoms. The van der Waals surface area contributed by atoms with E-state index < -0.39 is 19.4 Å². The number of carboxylic acid groups (broad SMARTS) is 1. The van der Waals surface area contributed by atoms with Crippen LogP contribution in [0.15, 0.2) is 54.6 Å². The lowest BCUT2D eigenvalue weighted by Crippen LogP contribution is -2.31. The van der Waals surface area contributed by atoms with Gasteiger partial charge < -0.3 is 20.4 Å². The molecule has 2 rings (SSSR count). The first-order chi connectivity index (χ1) is 12.3. The predicted octanol–water partition coefficient (Wildman–Crippen LogP) is 2.87. The van der Waals surface area contributed by atoms with E-state index in [2.05, 4.69) is 5.32 Å². The number of benzene rings is 2. The Labute approximate surface area is 153 Å². The second-order valence-corrected chi connectivity index (χ2v) is 8.76.